The number of hydrogen-bond donors (Lipinski definition) is 1. The monoisotopic (exact) mass is 285 g/mol. The van der Waals surface area contributed by atoms with Crippen LogP contribution in [-0.2, 0) is 6.54 Å². The molecule has 0 aromatic heterocycles. The van der Waals surface area contributed by atoms with Gasteiger partial charge in [-0.05, 0) is 55.2 Å². The molecule has 0 atom stereocenters. The van der Waals surface area contributed by atoms with Gasteiger partial charge in [0.1, 0.15) is 24.7 Å². The fourth-order valence-electron chi connectivity index (χ4n) is 2.09. The van der Waals surface area contributed by atoms with Crippen LogP contribution in [-0.4, -0.2) is 13.2 Å². The van der Waals surface area contributed by atoms with Crippen LogP contribution in [0.3, 0.4) is 0 Å². The van der Waals surface area contributed by atoms with E-state index >= 15 is 0 Å². The summed E-state index contributed by atoms with van der Waals surface area (Å²) in [7, 11) is 0. The molecule has 3 heteroatoms. The quantitative estimate of drug-likeness (QED) is 0.826. The second-order valence-corrected chi connectivity index (χ2v) is 5.27. The largest absolute Gasteiger partial charge is 0.490 e. The third-order valence-electron chi connectivity index (χ3n) is 3.43. The van der Waals surface area contributed by atoms with E-state index in [4.69, 9.17) is 15.2 Å². The third-order valence-corrected chi connectivity index (χ3v) is 3.43. The smallest absolute Gasteiger partial charge is 0.122 e. The summed E-state index contributed by atoms with van der Waals surface area (Å²) in [5.41, 5.74) is 10.2. The van der Waals surface area contributed by atoms with E-state index in [1.165, 1.54) is 5.56 Å². The zero-order chi connectivity index (χ0) is 15.2. The summed E-state index contributed by atoms with van der Waals surface area (Å²) >= 11 is 0. The van der Waals surface area contributed by atoms with Crippen molar-refractivity contribution in [3.63, 3.8) is 0 Å². The Morgan fingerprint density at radius 3 is 2.00 bits per heavy atom. The second kappa shape index (κ2) is 7.14. The van der Waals surface area contributed by atoms with Crippen LogP contribution in [0.1, 0.15) is 22.3 Å². The summed E-state index contributed by atoms with van der Waals surface area (Å²) in [4.78, 5) is 0. The molecule has 0 saturated carbocycles. The molecule has 21 heavy (non-hydrogen) atoms. The van der Waals surface area contributed by atoms with E-state index in [-0.39, 0.29) is 0 Å². The number of nitrogens with two attached hydrogens (primary N) is 1. The van der Waals surface area contributed by atoms with Crippen molar-refractivity contribution >= 4 is 0 Å². The molecule has 2 rings (SSSR count). The van der Waals surface area contributed by atoms with Gasteiger partial charge in [-0.1, -0.05) is 24.3 Å². The maximum atomic E-state index is 5.79. The molecule has 0 bridgehead atoms. The third kappa shape index (κ3) is 4.23. The first kappa shape index (κ1) is 15.4. The lowest BCUT2D eigenvalue weighted by molar-refractivity contribution is 0.215. The van der Waals surface area contributed by atoms with Gasteiger partial charge in [0.05, 0.1) is 0 Å². The highest BCUT2D eigenvalue weighted by molar-refractivity contribution is 5.37. The molecule has 0 radical (unpaired) electrons. The molecule has 2 aromatic carbocycles. The van der Waals surface area contributed by atoms with Crippen molar-refractivity contribution in [2.24, 2.45) is 5.73 Å². The first-order valence-corrected chi connectivity index (χ1v) is 7.22. The Kier molecular flexibility index (Phi) is 5.23. The van der Waals surface area contributed by atoms with Crippen LogP contribution in [0.25, 0.3) is 0 Å². The summed E-state index contributed by atoms with van der Waals surface area (Å²) < 4.78 is 11.6. The van der Waals surface area contributed by atoms with Gasteiger partial charge in [0, 0.05) is 6.54 Å². The number of aryl methyl sites for hydroxylation is 3. The van der Waals surface area contributed by atoms with E-state index in [0.717, 1.165) is 28.2 Å². The van der Waals surface area contributed by atoms with Gasteiger partial charge in [0.15, 0.2) is 0 Å². The van der Waals surface area contributed by atoms with Crippen LogP contribution in [0.4, 0.5) is 0 Å². The van der Waals surface area contributed by atoms with Crippen molar-refractivity contribution in [1.29, 1.82) is 0 Å². The lowest BCUT2D eigenvalue weighted by Gasteiger charge is -2.13. The normalized spacial score (nSPS) is 10.5. The van der Waals surface area contributed by atoms with E-state index in [9.17, 15) is 0 Å². The topological polar surface area (TPSA) is 44.5 Å². The molecule has 0 heterocycles. The Bertz CT molecular complexity index is 608. The minimum Gasteiger partial charge on any atom is -0.490 e. The Morgan fingerprint density at radius 2 is 1.38 bits per heavy atom. The average molecular weight is 285 g/mol. The van der Waals surface area contributed by atoms with Crippen LogP contribution in [0.15, 0.2) is 36.4 Å². The van der Waals surface area contributed by atoms with Crippen molar-refractivity contribution in [3.8, 4) is 11.5 Å². The maximum Gasteiger partial charge on any atom is 0.122 e. The van der Waals surface area contributed by atoms with Crippen molar-refractivity contribution < 1.29 is 9.47 Å². The first-order chi connectivity index (χ1) is 10.1. The van der Waals surface area contributed by atoms with Gasteiger partial charge in [-0.2, -0.15) is 0 Å². The Hall–Kier alpha value is -2.00. The minimum absolute atomic E-state index is 0.516. The van der Waals surface area contributed by atoms with Gasteiger partial charge < -0.3 is 15.2 Å². The summed E-state index contributed by atoms with van der Waals surface area (Å²) in [6.45, 7) is 7.70. The molecule has 3 nitrogen and oxygen atoms in total. The highest BCUT2D eigenvalue weighted by atomic mass is 16.5. The molecule has 0 unspecified atom stereocenters. The van der Waals surface area contributed by atoms with Crippen LogP contribution in [0, 0.1) is 20.8 Å². The highest BCUT2D eigenvalue weighted by Crippen LogP contribution is 2.21. The predicted octanol–water partition coefficient (Wildman–Crippen LogP) is 3.53. The lowest BCUT2D eigenvalue weighted by Crippen LogP contribution is -2.10. The van der Waals surface area contributed by atoms with Gasteiger partial charge in [0.2, 0.25) is 0 Å². The zero-order valence-corrected chi connectivity index (χ0v) is 13.0. The van der Waals surface area contributed by atoms with E-state index in [2.05, 4.69) is 25.1 Å². The van der Waals surface area contributed by atoms with E-state index in [1.807, 2.05) is 32.0 Å². The molecule has 2 aromatic rings. The van der Waals surface area contributed by atoms with Crippen molar-refractivity contribution in [1.82, 2.24) is 0 Å². The summed E-state index contributed by atoms with van der Waals surface area (Å²) in [5.74, 6) is 1.80. The highest BCUT2D eigenvalue weighted by Gasteiger charge is 2.03. The number of ether oxygens (including phenoxy) is 2. The van der Waals surface area contributed by atoms with Gasteiger partial charge in [-0.25, -0.2) is 0 Å². The second-order valence-electron chi connectivity index (χ2n) is 5.27. The number of benzene rings is 2. The maximum absolute atomic E-state index is 5.79. The Morgan fingerprint density at radius 1 is 0.810 bits per heavy atom. The van der Waals surface area contributed by atoms with Crippen LogP contribution < -0.4 is 15.2 Å². The lowest BCUT2D eigenvalue weighted by atomic mass is 10.1. The predicted molar refractivity (Wildman–Crippen MR) is 86.0 cm³/mol. The Balaban J connectivity index is 1.88. The van der Waals surface area contributed by atoms with Crippen LogP contribution in [0.5, 0.6) is 11.5 Å². The van der Waals surface area contributed by atoms with E-state index in [1.54, 1.807) is 0 Å². The Labute approximate surface area is 126 Å². The van der Waals surface area contributed by atoms with E-state index in [0.29, 0.717) is 19.8 Å². The average Bonchev–Trinajstić information content (AvgIpc) is 2.48. The molecule has 0 saturated heterocycles. The molecule has 112 valence electrons. The number of hydrogen-bond acceptors (Lipinski definition) is 3. The van der Waals surface area contributed by atoms with Crippen molar-refractivity contribution in [2.45, 2.75) is 27.3 Å². The minimum atomic E-state index is 0.516. The standard InChI is InChI=1S/C18H23NO2/c1-13-4-5-14(2)17(10-13)20-8-9-21-18-11-16(12-19)7-6-15(18)3/h4-7,10-11H,8-9,12,19H2,1-3H3. The van der Waals surface area contributed by atoms with Crippen molar-refractivity contribution in [2.75, 3.05) is 13.2 Å². The zero-order valence-electron chi connectivity index (χ0n) is 13.0. The molecule has 0 amide bonds. The fraction of sp³-hybridized carbons (Fsp3) is 0.333. The number of rotatable bonds is 6. The van der Waals surface area contributed by atoms with Gasteiger partial charge in [0.25, 0.3) is 0 Å². The van der Waals surface area contributed by atoms with Gasteiger partial charge in [-0.3, -0.25) is 0 Å². The summed E-state index contributed by atoms with van der Waals surface area (Å²) in [6.07, 6.45) is 0. The van der Waals surface area contributed by atoms with E-state index < -0.39 is 0 Å². The first-order valence-electron chi connectivity index (χ1n) is 7.22. The summed E-state index contributed by atoms with van der Waals surface area (Å²) in [6, 6.07) is 12.3. The van der Waals surface area contributed by atoms with Gasteiger partial charge >= 0.3 is 0 Å². The molecule has 2 N–H and O–H groups in total. The molecular formula is C18H23NO2. The summed E-state index contributed by atoms with van der Waals surface area (Å²) in [5, 5.41) is 0. The molecule has 0 aliphatic rings. The van der Waals surface area contributed by atoms with Crippen molar-refractivity contribution in [3.05, 3.63) is 58.7 Å². The van der Waals surface area contributed by atoms with Gasteiger partial charge in [-0.15, -0.1) is 0 Å². The SMILES string of the molecule is Cc1ccc(C)c(OCCOc2cc(CN)ccc2C)c1. The van der Waals surface area contributed by atoms with Crippen LogP contribution >= 0.6 is 0 Å². The van der Waals surface area contributed by atoms with Crippen LogP contribution in [0.2, 0.25) is 0 Å². The molecule has 0 aliphatic heterocycles. The molecular weight excluding hydrogens is 262 g/mol. The molecule has 0 fully saturated rings. The molecule has 0 aliphatic carbocycles. The molecule has 0 spiro atoms. The fourth-order valence-corrected chi connectivity index (χ4v) is 2.09.